The van der Waals surface area contributed by atoms with E-state index >= 15 is 0 Å². The Hall–Kier alpha value is -2.70. The summed E-state index contributed by atoms with van der Waals surface area (Å²) in [6.45, 7) is -0.0106. The molecule has 2 aromatic rings. The van der Waals surface area contributed by atoms with Crippen LogP contribution < -0.4 is 5.73 Å². The molecule has 6 nitrogen and oxygen atoms in total. The third kappa shape index (κ3) is 2.77. The van der Waals surface area contributed by atoms with Gasteiger partial charge in [-0.3, -0.25) is 9.59 Å². The summed E-state index contributed by atoms with van der Waals surface area (Å²) < 4.78 is 5.16. The minimum Gasteiger partial charge on any atom is -0.480 e. The fourth-order valence-corrected chi connectivity index (χ4v) is 3.08. The number of aliphatic carboxylic acids is 1. The van der Waals surface area contributed by atoms with Crippen LogP contribution in [-0.2, 0) is 14.3 Å². The van der Waals surface area contributed by atoms with E-state index in [1.807, 2.05) is 48.5 Å². The lowest BCUT2D eigenvalue weighted by Crippen LogP contribution is -2.42. The standard InChI is InChI=1S/C18H17NO5/c19-16(20)15(17(21)22)18(23)24-9-14-12-7-3-1-5-10(12)11-6-2-4-8-13(11)14/h1-8,14-16,20H,9,19H2,(H,21,22). The predicted octanol–water partition coefficient (Wildman–Crippen LogP) is 1.32. The summed E-state index contributed by atoms with van der Waals surface area (Å²) in [4.78, 5) is 23.0. The molecule has 2 atom stereocenters. The van der Waals surface area contributed by atoms with Crippen LogP contribution in [0.5, 0.6) is 0 Å². The predicted molar refractivity (Wildman–Crippen MR) is 86.0 cm³/mol. The van der Waals surface area contributed by atoms with Crippen LogP contribution >= 0.6 is 0 Å². The number of aliphatic hydroxyl groups excluding tert-OH is 1. The van der Waals surface area contributed by atoms with Gasteiger partial charge in [0.05, 0.1) is 0 Å². The van der Waals surface area contributed by atoms with Crippen molar-refractivity contribution in [3.05, 3.63) is 59.7 Å². The second kappa shape index (κ2) is 6.43. The highest BCUT2D eigenvalue weighted by Crippen LogP contribution is 2.44. The minimum absolute atomic E-state index is 0.0106. The Morgan fingerprint density at radius 1 is 1.04 bits per heavy atom. The fraction of sp³-hybridized carbons (Fsp3) is 0.222. The van der Waals surface area contributed by atoms with Gasteiger partial charge >= 0.3 is 11.9 Å². The molecule has 0 saturated heterocycles. The number of fused-ring (bicyclic) bond motifs is 3. The molecule has 0 aromatic heterocycles. The highest BCUT2D eigenvalue weighted by Gasteiger charge is 2.35. The molecule has 124 valence electrons. The van der Waals surface area contributed by atoms with Crippen molar-refractivity contribution in [2.75, 3.05) is 6.61 Å². The Kier molecular flexibility index (Phi) is 4.33. The number of aliphatic hydroxyl groups is 1. The molecule has 0 fully saturated rings. The Bertz CT molecular complexity index is 741. The maximum Gasteiger partial charge on any atom is 0.324 e. The van der Waals surface area contributed by atoms with Crippen molar-refractivity contribution in [1.29, 1.82) is 0 Å². The molecule has 6 heteroatoms. The molecule has 0 amide bonds. The molecule has 0 aliphatic heterocycles. The van der Waals surface area contributed by atoms with Crippen molar-refractivity contribution in [2.24, 2.45) is 11.7 Å². The first-order valence-corrected chi connectivity index (χ1v) is 7.52. The maximum atomic E-state index is 12.0. The van der Waals surface area contributed by atoms with Crippen LogP contribution in [0.15, 0.2) is 48.5 Å². The molecule has 3 rings (SSSR count). The highest BCUT2D eigenvalue weighted by atomic mass is 16.5. The molecular weight excluding hydrogens is 310 g/mol. The smallest absolute Gasteiger partial charge is 0.324 e. The number of rotatable bonds is 5. The second-order valence-corrected chi connectivity index (χ2v) is 5.66. The van der Waals surface area contributed by atoms with Gasteiger partial charge in [-0.1, -0.05) is 48.5 Å². The molecule has 0 heterocycles. The van der Waals surface area contributed by atoms with E-state index in [2.05, 4.69) is 0 Å². The third-order valence-corrected chi connectivity index (χ3v) is 4.22. The molecule has 4 N–H and O–H groups in total. The molecule has 0 spiro atoms. The number of benzene rings is 2. The van der Waals surface area contributed by atoms with Crippen LogP contribution in [0.1, 0.15) is 17.0 Å². The van der Waals surface area contributed by atoms with Gasteiger partial charge in [0, 0.05) is 5.92 Å². The lowest BCUT2D eigenvalue weighted by molar-refractivity contribution is -0.163. The van der Waals surface area contributed by atoms with Crippen molar-refractivity contribution >= 4 is 11.9 Å². The van der Waals surface area contributed by atoms with Gasteiger partial charge in [-0.2, -0.15) is 0 Å². The Morgan fingerprint density at radius 3 is 2.00 bits per heavy atom. The number of hydrogen-bond acceptors (Lipinski definition) is 5. The van der Waals surface area contributed by atoms with Crippen LogP contribution in [0.25, 0.3) is 11.1 Å². The molecular formula is C18H17NO5. The van der Waals surface area contributed by atoms with Crippen LogP contribution in [0, 0.1) is 5.92 Å². The first kappa shape index (κ1) is 16.2. The van der Waals surface area contributed by atoms with Gasteiger partial charge in [-0.05, 0) is 22.3 Å². The molecule has 0 saturated carbocycles. The zero-order chi connectivity index (χ0) is 17.3. The van der Waals surface area contributed by atoms with Gasteiger partial charge in [-0.25, -0.2) is 0 Å². The minimum atomic E-state index is -1.81. The molecule has 1 aliphatic rings. The largest absolute Gasteiger partial charge is 0.480 e. The molecule has 0 radical (unpaired) electrons. The van der Waals surface area contributed by atoms with Crippen molar-refractivity contribution in [3.63, 3.8) is 0 Å². The molecule has 1 aliphatic carbocycles. The van der Waals surface area contributed by atoms with Crippen molar-refractivity contribution < 1.29 is 24.5 Å². The summed E-state index contributed by atoms with van der Waals surface area (Å²) in [6.07, 6.45) is -1.81. The Morgan fingerprint density at radius 2 is 1.54 bits per heavy atom. The van der Waals surface area contributed by atoms with Crippen molar-refractivity contribution in [3.8, 4) is 11.1 Å². The Labute approximate surface area is 138 Å². The van der Waals surface area contributed by atoms with Gasteiger partial charge in [0.15, 0.2) is 5.92 Å². The third-order valence-electron chi connectivity index (χ3n) is 4.22. The van der Waals surface area contributed by atoms with Gasteiger partial charge in [0.2, 0.25) is 0 Å². The van der Waals surface area contributed by atoms with E-state index in [1.54, 1.807) is 0 Å². The van der Waals surface area contributed by atoms with Crippen LogP contribution in [0.3, 0.4) is 0 Å². The number of nitrogens with two attached hydrogens (primary N) is 1. The average molecular weight is 327 g/mol. The van der Waals surface area contributed by atoms with E-state index in [-0.39, 0.29) is 12.5 Å². The van der Waals surface area contributed by atoms with E-state index in [9.17, 15) is 14.7 Å². The van der Waals surface area contributed by atoms with Crippen LogP contribution in [0.2, 0.25) is 0 Å². The maximum absolute atomic E-state index is 12.0. The van der Waals surface area contributed by atoms with Gasteiger partial charge in [-0.15, -0.1) is 0 Å². The Balaban J connectivity index is 1.83. The number of carbonyl (C=O) groups excluding carboxylic acids is 1. The quantitative estimate of drug-likeness (QED) is 0.434. The summed E-state index contributed by atoms with van der Waals surface area (Å²) in [6, 6.07) is 15.6. The summed E-state index contributed by atoms with van der Waals surface area (Å²) in [7, 11) is 0. The van der Waals surface area contributed by atoms with Gasteiger partial charge in [0.1, 0.15) is 12.8 Å². The van der Waals surface area contributed by atoms with E-state index < -0.39 is 24.1 Å². The van der Waals surface area contributed by atoms with Crippen LogP contribution in [0.4, 0.5) is 0 Å². The van der Waals surface area contributed by atoms with E-state index in [1.165, 1.54) is 0 Å². The zero-order valence-electron chi connectivity index (χ0n) is 12.8. The highest BCUT2D eigenvalue weighted by molar-refractivity contribution is 5.94. The molecule has 0 bridgehead atoms. The van der Waals surface area contributed by atoms with Crippen LogP contribution in [-0.4, -0.2) is 35.0 Å². The lowest BCUT2D eigenvalue weighted by Gasteiger charge is -2.18. The number of carbonyl (C=O) groups is 2. The summed E-state index contributed by atoms with van der Waals surface area (Å²) in [5.41, 5.74) is 9.33. The number of hydrogen-bond donors (Lipinski definition) is 3. The molecule has 24 heavy (non-hydrogen) atoms. The second-order valence-electron chi connectivity index (χ2n) is 5.66. The molecule has 2 aromatic carbocycles. The van der Waals surface area contributed by atoms with E-state index in [4.69, 9.17) is 15.6 Å². The van der Waals surface area contributed by atoms with Crippen molar-refractivity contribution in [1.82, 2.24) is 0 Å². The van der Waals surface area contributed by atoms with Crippen molar-refractivity contribution in [2.45, 2.75) is 12.1 Å². The first-order chi connectivity index (χ1) is 11.5. The topological polar surface area (TPSA) is 110 Å². The van der Waals surface area contributed by atoms with E-state index in [0.29, 0.717) is 0 Å². The first-order valence-electron chi connectivity index (χ1n) is 7.52. The number of carboxylic acids is 1. The zero-order valence-corrected chi connectivity index (χ0v) is 12.8. The lowest BCUT2D eigenvalue weighted by atomic mass is 9.98. The molecule has 2 unspecified atom stereocenters. The normalized spacial score (nSPS) is 15.2. The summed E-state index contributed by atoms with van der Waals surface area (Å²) in [5, 5.41) is 18.2. The SMILES string of the molecule is NC(O)C(C(=O)O)C(=O)OCC1c2ccccc2-c2ccccc21. The summed E-state index contributed by atoms with van der Waals surface area (Å²) in [5.74, 6) is -4.52. The number of esters is 1. The fourth-order valence-electron chi connectivity index (χ4n) is 3.08. The average Bonchev–Trinajstić information content (AvgIpc) is 2.86. The monoisotopic (exact) mass is 327 g/mol. The van der Waals surface area contributed by atoms with Gasteiger partial charge < -0.3 is 20.7 Å². The van der Waals surface area contributed by atoms with E-state index in [0.717, 1.165) is 22.3 Å². The number of ether oxygens (including phenoxy) is 1. The van der Waals surface area contributed by atoms with Gasteiger partial charge in [0.25, 0.3) is 0 Å². The summed E-state index contributed by atoms with van der Waals surface area (Å²) >= 11 is 0. The number of carboxylic acid groups (broad SMARTS) is 1.